The summed E-state index contributed by atoms with van der Waals surface area (Å²) in [6, 6.07) is 11.4. The van der Waals surface area contributed by atoms with Crippen LogP contribution in [0.15, 0.2) is 47.6 Å². The Morgan fingerprint density at radius 3 is 2.52 bits per heavy atom. The number of carboxylic acids is 1. The molecule has 2 N–H and O–H groups in total. The number of carbonyl (C=O) groups is 2. The Morgan fingerprint density at radius 1 is 1.10 bits per heavy atom. The fraction of sp³-hybridized carbons (Fsp3) is 0.200. The number of thioether (sulfide) groups is 2. The molecule has 2 aromatic carbocycles. The second-order valence-electron chi connectivity index (χ2n) is 6.41. The Morgan fingerprint density at radius 2 is 1.84 bits per heavy atom. The Balaban J connectivity index is 1.48. The molecule has 7 nitrogen and oxygen atoms in total. The molecule has 0 radical (unpaired) electrons. The number of anilines is 1. The molecule has 0 unspecified atom stereocenters. The van der Waals surface area contributed by atoms with Gasteiger partial charge in [-0.1, -0.05) is 41.0 Å². The summed E-state index contributed by atoms with van der Waals surface area (Å²) in [5, 5.41) is 21.9. The van der Waals surface area contributed by atoms with E-state index in [1.165, 1.54) is 23.9 Å². The molecule has 1 aromatic heterocycles. The zero-order chi connectivity index (χ0) is 22.4. The summed E-state index contributed by atoms with van der Waals surface area (Å²) >= 11 is 15.0. The van der Waals surface area contributed by atoms with Gasteiger partial charge in [-0.3, -0.25) is 4.79 Å². The van der Waals surface area contributed by atoms with Gasteiger partial charge in [0.05, 0.1) is 17.1 Å². The quantitative estimate of drug-likeness (QED) is 0.402. The minimum Gasteiger partial charge on any atom is -0.478 e. The van der Waals surface area contributed by atoms with Crippen molar-refractivity contribution < 1.29 is 14.7 Å². The molecule has 3 aromatic rings. The van der Waals surface area contributed by atoms with E-state index in [4.69, 9.17) is 28.3 Å². The van der Waals surface area contributed by atoms with Gasteiger partial charge >= 0.3 is 5.97 Å². The van der Waals surface area contributed by atoms with E-state index >= 15 is 0 Å². The third-order valence-electron chi connectivity index (χ3n) is 4.18. The summed E-state index contributed by atoms with van der Waals surface area (Å²) in [6.45, 7) is 0. The molecule has 11 heteroatoms. The number of nitrogens with zero attached hydrogens (tertiary/aromatic N) is 3. The van der Waals surface area contributed by atoms with Crippen LogP contribution in [0.4, 0.5) is 5.69 Å². The summed E-state index contributed by atoms with van der Waals surface area (Å²) in [7, 11) is 1.86. The monoisotopic (exact) mass is 496 g/mol. The highest BCUT2D eigenvalue weighted by atomic mass is 35.5. The van der Waals surface area contributed by atoms with Crippen molar-refractivity contribution in [3.05, 3.63) is 69.5 Å². The Labute approximate surface area is 197 Å². The number of amides is 1. The molecule has 1 heterocycles. The smallest absolute Gasteiger partial charge is 0.335 e. The Bertz CT molecular complexity index is 1090. The summed E-state index contributed by atoms with van der Waals surface area (Å²) in [6.07, 6.45) is 0. The number of carboxylic acid groups (broad SMARTS) is 1. The van der Waals surface area contributed by atoms with E-state index in [0.29, 0.717) is 32.4 Å². The summed E-state index contributed by atoms with van der Waals surface area (Å²) in [5.74, 6) is 1.08. The lowest BCUT2D eigenvalue weighted by atomic mass is 10.2. The number of carbonyl (C=O) groups excluding carboxylic acids is 1. The van der Waals surface area contributed by atoms with Gasteiger partial charge in [0.1, 0.15) is 5.82 Å². The van der Waals surface area contributed by atoms with Crippen LogP contribution in [0.2, 0.25) is 10.0 Å². The normalized spacial score (nSPS) is 10.8. The molecule has 3 rings (SSSR count). The number of nitrogens with one attached hydrogen (secondary N) is 1. The lowest BCUT2D eigenvalue weighted by Crippen LogP contribution is -2.14. The largest absolute Gasteiger partial charge is 0.478 e. The lowest BCUT2D eigenvalue weighted by molar-refractivity contribution is -0.113. The maximum Gasteiger partial charge on any atom is 0.335 e. The van der Waals surface area contributed by atoms with Crippen molar-refractivity contribution in [3.63, 3.8) is 0 Å². The first-order valence-electron chi connectivity index (χ1n) is 8.99. The van der Waals surface area contributed by atoms with Crippen molar-refractivity contribution in [2.75, 3.05) is 11.1 Å². The van der Waals surface area contributed by atoms with Crippen LogP contribution < -0.4 is 5.32 Å². The number of aromatic carboxylic acids is 1. The van der Waals surface area contributed by atoms with E-state index < -0.39 is 5.97 Å². The predicted octanol–water partition coefficient (Wildman–Crippen LogP) is 4.98. The van der Waals surface area contributed by atoms with Crippen LogP contribution in [0.3, 0.4) is 0 Å². The van der Waals surface area contributed by atoms with Crippen molar-refractivity contribution in [1.82, 2.24) is 14.8 Å². The van der Waals surface area contributed by atoms with Gasteiger partial charge in [-0.15, -0.1) is 22.0 Å². The van der Waals surface area contributed by atoms with Gasteiger partial charge in [-0.05, 0) is 42.0 Å². The van der Waals surface area contributed by atoms with Crippen molar-refractivity contribution >= 4 is 64.3 Å². The lowest BCUT2D eigenvalue weighted by Gasteiger charge is -2.07. The van der Waals surface area contributed by atoms with E-state index in [1.807, 2.05) is 23.7 Å². The highest BCUT2D eigenvalue weighted by Gasteiger charge is 2.12. The number of halogens is 2. The van der Waals surface area contributed by atoms with E-state index in [9.17, 15) is 9.59 Å². The summed E-state index contributed by atoms with van der Waals surface area (Å²) < 4.78 is 1.86. The molecular weight excluding hydrogens is 479 g/mol. The molecule has 0 saturated heterocycles. The number of aromatic nitrogens is 3. The first-order chi connectivity index (χ1) is 14.8. The van der Waals surface area contributed by atoms with Crippen LogP contribution >= 0.6 is 46.7 Å². The zero-order valence-corrected chi connectivity index (χ0v) is 19.5. The minimum absolute atomic E-state index is 0.153. The summed E-state index contributed by atoms with van der Waals surface area (Å²) in [4.78, 5) is 23.1. The molecule has 0 aliphatic carbocycles. The number of rotatable bonds is 9. The maximum absolute atomic E-state index is 12.2. The average Bonchev–Trinajstić information content (AvgIpc) is 3.08. The number of hydrogen-bond donors (Lipinski definition) is 2. The van der Waals surface area contributed by atoms with E-state index in [-0.39, 0.29) is 17.2 Å². The highest BCUT2D eigenvalue weighted by Crippen LogP contribution is 2.26. The molecule has 0 aliphatic heterocycles. The molecule has 0 saturated carbocycles. The molecule has 0 fully saturated rings. The highest BCUT2D eigenvalue weighted by molar-refractivity contribution is 7.99. The molecule has 0 atom stereocenters. The molecule has 0 aliphatic rings. The number of benzene rings is 2. The van der Waals surface area contributed by atoms with Gasteiger partial charge < -0.3 is 15.0 Å². The van der Waals surface area contributed by atoms with Crippen molar-refractivity contribution in [2.24, 2.45) is 7.05 Å². The molecule has 162 valence electrons. The zero-order valence-electron chi connectivity index (χ0n) is 16.3. The van der Waals surface area contributed by atoms with Crippen LogP contribution in [-0.2, 0) is 23.3 Å². The first-order valence-corrected chi connectivity index (χ1v) is 11.9. The average molecular weight is 497 g/mol. The van der Waals surface area contributed by atoms with Crippen LogP contribution in [-0.4, -0.2) is 37.5 Å². The minimum atomic E-state index is -1.01. The third-order valence-corrected chi connectivity index (χ3v) is 6.76. The standard InChI is InChI=1S/C20H18Cl2N4O3S2/c1-26-17(10-30-9-13-2-5-14(21)8-16(13)22)24-25-20(26)31-11-18(27)23-15-6-3-12(4-7-15)19(28)29/h2-8H,9-11H2,1H3,(H,23,27)(H,28,29). The summed E-state index contributed by atoms with van der Waals surface area (Å²) in [5.41, 5.74) is 1.70. The van der Waals surface area contributed by atoms with Crippen molar-refractivity contribution in [3.8, 4) is 0 Å². The maximum atomic E-state index is 12.2. The van der Waals surface area contributed by atoms with Crippen molar-refractivity contribution in [1.29, 1.82) is 0 Å². The van der Waals surface area contributed by atoms with E-state index in [0.717, 1.165) is 11.4 Å². The van der Waals surface area contributed by atoms with E-state index in [1.54, 1.807) is 30.0 Å². The van der Waals surface area contributed by atoms with Crippen molar-refractivity contribution in [2.45, 2.75) is 16.7 Å². The van der Waals surface area contributed by atoms with Gasteiger partial charge in [0.15, 0.2) is 5.16 Å². The van der Waals surface area contributed by atoms with Gasteiger partial charge in [-0.2, -0.15) is 0 Å². The SMILES string of the molecule is Cn1c(CSCc2ccc(Cl)cc2Cl)nnc1SCC(=O)Nc1ccc(C(=O)O)cc1. The fourth-order valence-corrected chi connectivity index (χ4v) is 4.80. The topological polar surface area (TPSA) is 97.1 Å². The second-order valence-corrected chi connectivity index (χ2v) is 9.18. The fourth-order valence-electron chi connectivity index (χ4n) is 2.51. The first kappa shape index (κ1) is 23.5. The third kappa shape index (κ3) is 6.64. The van der Waals surface area contributed by atoms with Crippen LogP contribution in [0.1, 0.15) is 21.7 Å². The van der Waals surface area contributed by atoms with Crippen LogP contribution in [0, 0.1) is 0 Å². The van der Waals surface area contributed by atoms with Crippen LogP contribution in [0.5, 0.6) is 0 Å². The Kier molecular flexibility index (Phi) is 8.25. The molecule has 31 heavy (non-hydrogen) atoms. The van der Waals surface area contributed by atoms with Crippen LogP contribution in [0.25, 0.3) is 0 Å². The second kappa shape index (κ2) is 10.9. The molecule has 1 amide bonds. The molecule has 0 bridgehead atoms. The number of hydrogen-bond acceptors (Lipinski definition) is 6. The van der Waals surface area contributed by atoms with Gasteiger partial charge in [0, 0.05) is 28.5 Å². The molecule has 0 spiro atoms. The van der Waals surface area contributed by atoms with Gasteiger partial charge in [-0.25, -0.2) is 4.79 Å². The predicted molar refractivity (Wildman–Crippen MR) is 125 cm³/mol. The Hall–Kier alpha value is -2.20. The molecular formula is C20H18Cl2N4O3S2. The van der Waals surface area contributed by atoms with Gasteiger partial charge in [0.2, 0.25) is 5.91 Å². The van der Waals surface area contributed by atoms with E-state index in [2.05, 4.69) is 15.5 Å². The van der Waals surface area contributed by atoms with Gasteiger partial charge in [0.25, 0.3) is 0 Å².